The second-order valence-electron chi connectivity index (χ2n) is 12.9. The molecule has 53 heavy (non-hydrogen) atoms. The van der Waals surface area contributed by atoms with Crippen LogP contribution in [0.25, 0.3) is 57.7 Å². The van der Waals surface area contributed by atoms with Crippen LogP contribution in [0, 0.1) is 0 Å². The molecule has 0 aromatic heterocycles. The molecule has 1 aliphatic carbocycles. The summed E-state index contributed by atoms with van der Waals surface area (Å²) in [6.45, 7) is 6.59. The van der Waals surface area contributed by atoms with Crippen LogP contribution in [0.1, 0.15) is 61.8 Å². The highest BCUT2D eigenvalue weighted by atomic mass is 35.5. The van der Waals surface area contributed by atoms with Gasteiger partial charge in [-0.1, -0.05) is 123 Å². The molecule has 0 unspecified atom stereocenters. The number of halogens is 2. The molecule has 272 valence electrons. The Balaban J connectivity index is 1.26. The number of rotatable bonds is 13. The van der Waals surface area contributed by atoms with Crippen molar-refractivity contribution in [1.82, 2.24) is 0 Å². The lowest BCUT2D eigenvalue weighted by Crippen LogP contribution is -2.25. The van der Waals surface area contributed by atoms with E-state index in [1.165, 1.54) is 61.7 Å². The first-order valence-corrected chi connectivity index (χ1v) is 19.7. The molecule has 0 fully saturated rings. The lowest BCUT2D eigenvalue weighted by Gasteiger charge is -2.24. The molecule has 1 heterocycles. The van der Waals surface area contributed by atoms with E-state index in [0.717, 1.165) is 29.8 Å². The van der Waals surface area contributed by atoms with Gasteiger partial charge in [-0.05, 0) is 65.4 Å². The summed E-state index contributed by atoms with van der Waals surface area (Å²) in [6, 6.07) is 26.5. The molecule has 0 amide bonds. The van der Waals surface area contributed by atoms with Crippen molar-refractivity contribution >= 4 is 74.3 Å². The predicted molar refractivity (Wildman–Crippen MR) is 219 cm³/mol. The third kappa shape index (κ3) is 8.86. The van der Waals surface area contributed by atoms with Gasteiger partial charge in [0, 0.05) is 53.0 Å². The summed E-state index contributed by atoms with van der Waals surface area (Å²) >= 11 is 12.5. The molecule has 0 bridgehead atoms. The molecular weight excluding hydrogens is 729 g/mol. The normalized spacial score (nSPS) is 12.1. The Morgan fingerprint density at radius 1 is 0.698 bits per heavy atom. The molecule has 10 heteroatoms. The number of hydrogen-bond donors (Lipinski definition) is 2. The second kappa shape index (κ2) is 16.4. The molecule has 7 nitrogen and oxygen atoms in total. The van der Waals surface area contributed by atoms with Gasteiger partial charge < -0.3 is 14.4 Å². The van der Waals surface area contributed by atoms with Crippen molar-refractivity contribution in [2.24, 2.45) is 0 Å². The van der Waals surface area contributed by atoms with Crippen molar-refractivity contribution < 1.29 is 22.5 Å². The molecule has 4 aromatic rings. The SMILES string of the molecule is CCCCN(CCCC)c1ccc(C=Cc2ccc(C=Cc3ccc(-c4c5cc(Cl)c(=O)cc-5oc5cc(O)c(Cl)cc45)c(S(=O)(=O)O)c3)cc2)cc1. The summed E-state index contributed by atoms with van der Waals surface area (Å²) in [4.78, 5) is 14.5. The maximum absolute atomic E-state index is 12.8. The van der Waals surface area contributed by atoms with Gasteiger partial charge in [0.05, 0.1) is 10.0 Å². The van der Waals surface area contributed by atoms with Gasteiger partial charge in [0.25, 0.3) is 10.1 Å². The number of nitrogens with zero attached hydrogens (tertiary/aromatic N) is 1. The van der Waals surface area contributed by atoms with Crippen LogP contribution in [0.15, 0.2) is 105 Å². The molecule has 2 N–H and O–H groups in total. The number of fused-ring (bicyclic) bond motifs is 2. The van der Waals surface area contributed by atoms with Gasteiger partial charge in [0.15, 0.2) is 0 Å². The van der Waals surface area contributed by atoms with Crippen molar-refractivity contribution in [3.05, 3.63) is 134 Å². The standard InChI is InChI=1S/C43H39Cl2NO6S/c1-3-5-21-46(22-6-4-2)32-18-15-30(16-19-32)12-11-28-7-9-29(10-8-28)13-14-31-17-20-33(42(23-31)53(49,50)51)43-34-24-36(44)38(47)26-40(34)52-41-27-39(48)37(45)25-35(41)43/h7-20,23-27,47H,3-6,21-22H2,1-2H3,(H,49,50,51). The summed E-state index contributed by atoms with van der Waals surface area (Å²) in [7, 11) is -4.76. The van der Waals surface area contributed by atoms with Gasteiger partial charge in [0.1, 0.15) is 22.0 Å². The van der Waals surface area contributed by atoms with Gasteiger partial charge >= 0.3 is 0 Å². The van der Waals surface area contributed by atoms with Crippen molar-refractivity contribution in [1.29, 1.82) is 0 Å². The van der Waals surface area contributed by atoms with E-state index < -0.39 is 15.5 Å². The number of unbranched alkanes of at least 4 members (excludes halogenated alkanes) is 2. The van der Waals surface area contributed by atoms with E-state index in [2.05, 4.69) is 55.2 Å². The van der Waals surface area contributed by atoms with Gasteiger partial charge in [0.2, 0.25) is 5.43 Å². The topological polar surface area (TPSA) is 108 Å². The zero-order valence-electron chi connectivity index (χ0n) is 29.4. The summed E-state index contributed by atoms with van der Waals surface area (Å²) in [5.41, 5.74) is 5.20. The Bertz CT molecular complexity index is 2450. The minimum atomic E-state index is -4.76. The first-order valence-electron chi connectivity index (χ1n) is 17.5. The molecule has 4 aromatic carbocycles. The molecule has 0 saturated heterocycles. The molecule has 0 atom stereocenters. The average molecular weight is 769 g/mol. The fourth-order valence-electron chi connectivity index (χ4n) is 6.22. The molecule has 0 radical (unpaired) electrons. The highest BCUT2D eigenvalue weighted by molar-refractivity contribution is 7.86. The van der Waals surface area contributed by atoms with Crippen LogP contribution >= 0.6 is 23.2 Å². The average Bonchev–Trinajstić information content (AvgIpc) is 3.14. The van der Waals surface area contributed by atoms with Crippen molar-refractivity contribution in [3.63, 3.8) is 0 Å². The number of phenolic OH excluding ortho intramolecular Hbond substituents is 1. The van der Waals surface area contributed by atoms with Crippen molar-refractivity contribution in [2.75, 3.05) is 18.0 Å². The zero-order chi connectivity index (χ0) is 37.7. The minimum absolute atomic E-state index is 0.00430. The summed E-state index contributed by atoms with van der Waals surface area (Å²) in [6.07, 6.45) is 12.5. The Morgan fingerprint density at radius 2 is 1.25 bits per heavy atom. The number of hydrogen-bond acceptors (Lipinski definition) is 6. The molecular formula is C43H39Cl2NO6S. The fraction of sp³-hybridized carbons (Fsp3) is 0.186. The second-order valence-corrected chi connectivity index (χ2v) is 15.1. The maximum atomic E-state index is 12.8. The van der Waals surface area contributed by atoms with Crippen LogP contribution in [0.2, 0.25) is 10.0 Å². The smallest absolute Gasteiger partial charge is 0.295 e. The highest BCUT2D eigenvalue weighted by Gasteiger charge is 2.25. The Labute approximate surface area is 319 Å². The van der Waals surface area contributed by atoms with Crippen LogP contribution in [0.3, 0.4) is 0 Å². The molecule has 0 saturated carbocycles. The summed E-state index contributed by atoms with van der Waals surface area (Å²) in [5, 5.41) is 10.5. The van der Waals surface area contributed by atoms with E-state index in [-0.39, 0.29) is 37.6 Å². The van der Waals surface area contributed by atoms with Gasteiger partial charge in [-0.25, -0.2) is 0 Å². The Kier molecular flexibility index (Phi) is 11.7. The zero-order valence-corrected chi connectivity index (χ0v) is 31.7. The van der Waals surface area contributed by atoms with E-state index in [9.17, 15) is 22.9 Å². The number of anilines is 1. The van der Waals surface area contributed by atoms with E-state index in [1.54, 1.807) is 18.2 Å². The van der Waals surface area contributed by atoms with Crippen LogP contribution in [0.4, 0.5) is 5.69 Å². The predicted octanol–water partition coefficient (Wildman–Crippen LogP) is 11.6. The first-order chi connectivity index (χ1) is 25.4. The fourth-order valence-corrected chi connectivity index (χ4v) is 7.28. The third-order valence-corrected chi connectivity index (χ3v) is 10.6. The van der Waals surface area contributed by atoms with E-state index >= 15 is 0 Å². The molecule has 1 aliphatic heterocycles. The lowest BCUT2D eigenvalue weighted by atomic mass is 9.93. The van der Waals surface area contributed by atoms with Crippen LogP contribution in [-0.2, 0) is 10.1 Å². The number of phenols is 1. The van der Waals surface area contributed by atoms with E-state index in [0.29, 0.717) is 22.1 Å². The molecule has 6 rings (SSSR count). The van der Waals surface area contributed by atoms with Crippen molar-refractivity contribution in [3.8, 4) is 28.2 Å². The van der Waals surface area contributed by atoms with E-state index in [1.807, 2.05) is 30.3 Å². The first kappa shape index (κ1) is 37.9. The quantitative estimate of drug-likeness (QED) is 0.0684. The van der Waals surface area contributed by atoms with Crippen molar-refractivity contribution in [2.45, 2.75) is 44.4 Å². The van der Waals surface area contributed by atoms with Gasteiger partial charge in [-0.2, -0.15) is 8.42 Å². The van der Waals surface area contributed by atoms with Gasteiger partial charge in [-0.3, -0.25) is 9.35 Å². The highest BCUT2D eigenvalue weighted by Crippen LogP contribution is 2.45. The van der Waals surface area contributed by atoms with Gasteiger partial charge in [-0.15, -0.1) is 0 Å². The lowest BCUT2D eigenvalue weighted by molar-refractivity contribution is 0.474. The third-order valence-electron chi connectivity index (χ3n) is 9.09. The largest absolute Gasteiger partial charge is 0.506 e. The molecule has 0 spiro atoms. The number of benzene rings is 5. The van der Waals surface area contributed by atoms with E-state index in [4.69, 9.17) is 27.6 Å². The Morgan fingerprint density at radius 3 is 1.81 bits per heavy atom. The number of aromatic hydroxyl groups is 1. The summed E-state index contributed by atoms with van der Waals surface area (Å²) < 4.78 is 42.0. The Hall–Kier alpha value is -4.86. The summed E-state index contributed by atoms with van der Waals surface area (Å²) in [5.74, 6) is -0.154. The monoisotopic (exact) mass is 767 g/mol. The maximum Gasteiger partial charge on any atom is 0.295 e. The van der Waals surface area contributed by atoms with Crippen LogP contribution < -0.4 is 10.3 Å². The van der Waals surface area contributed by atoms with Crippen LogP contribution in [0.5, 0.6) is 5.75 Å². The molecule has 2 aliphatic rings. The minimum Gasteiger partial charge on any atom is -0.506 e. The van der Waals surface area contributed by atoms with Crippen LogP contribution in [-0.4, -0.2) is 31.2 Å².